The molecular weight excluding hydrogens is 254 g/mol. The minimum Gasteiger partial charge on any atom is -0.872 e. The molecule has 2 aromatic carbocycles. The van der Waals surface area contributed by atoms with Crippen LogP contribution < -0.4 is 5.11 Å². The summed E-state index contributed by atoms with van der Waals surface area (Å²) in [5.41, 5.74) is 2.80. The smallest absolute Gasteiger partial charge is 0.0797 e. The molecule has 2 rings (SSSR count). The molecule has 0 spiro atoms. The molecule has 0 bridgehead atoms. The number of hydrogen-bond donors (Lipinski definition) is 0. The normalized spacial score (nSPS) is 11.1. The molecule has 0 aliphatic carbocycles. The van der Waals surface area contributed by atoms with Crippen LogP contribution in [0, 0.1) is 0 Å². The topological polar surface area (TPSA) is 35.4 Å². The van der Waals surface area contributed by atoms with Crippen LogP contribution in [0.5, 0.6) is 5.75 Å². The summed E-state index contributed by atoms with van der Waals surface area (Å²) >= 11 is 1.67. The minimum atomic E-state index is 0.00549. The largest absolute Gasteiger partial charge is 0.872 e. The summed E-state index contributed by atoms with van der Waals surface area (Å²) in [6.45, 7) is 2.11. The Bertz CT molecular complexity index is 571. The Morgan fingerprint density at radius 3 is 2.63 bits per heavy atom. The molecule has 0 unspecified atom stereocenters. The van der Waals surface area contributed by atoms with E-state index in [2.05, 4.69) is 24.0 Å². The van der Waals surface area contributed by atoms with Crippen molar-refractivity contribution in [1.82, 2.24) is 0 Å². The molecule has 0 atom stereocenters. The van der Waals surface area contributed by atoms with Crippen LogP contribution in [0.15, 0.2) is 52.4 Å². The van der Waals surface area contributed by atoms with Crippen molar-refractivity contribution in [2.45, 2.75) is 18.2 Å². The first kappa shape index (κ1) is 13.7. The van der Waals surface area contributed by atoms with E-state index in [0.29, 0.717) is 5.56 Å². The van der Waals surface area contributed by atoms with E-state index in [9.17, 15) is 5.11 Å². The fourth-order valence-corrected chi connectivity index (χ4v) is 2.48. The van der Waals surface area contributed by atoms with Gasteiger partial charge in [-0.2, -0.15) is 0 Å². The molecule has 98 valence electrons. The summed E-state index contributed by atoms with van der Waals surface area (Å²) in [6, 6.07) is 13.1. The number of aliphatic imine (C=N–C) groups is 1. The average molecular weight is 270 g/mol. The predicted molar refractivity (Wildman–Crippen MR) is 80.7 cm³/mol. The quantitative estimate of drug-likeness (QED) is 0.626. The zero-order chi connectivity index (χ0) is 13.7. The molecule has 19 heavy (non-hydrogen) atoms. The fourth-order valence-electron chi connectivity index (χ4n) is 1.89. The van der Waals surface area contributed by atoms with Gasteiger partial charge in [-0.3, -0.25) is 4.99 Å². The average Bonchev–Trinajstić information content (AvgIpc) is 2.46. The highest BCUT2D eigenvalue weighted by Crippen LogP contribution is 2.32. The molecule has 0 N–H and O–H groups in total. The molecule has 0 amide bonds. The van der Waals surface area contributed by atoms with Crippen molar-refractivity contribution in [2.24, 2.45) is 4.99 Å². The lowest BCUT2D eigenvalue weighted by Gasteiger charge is -2.10. The van der Waals surface area contributed by atoms with Crippen LogP contribution in [-0.2, 0) is 6.42 Å². The van der Waals surface area contributed by atoms with E-state index >= 15 is 0 Å². The van der Waals surface area contributed by atoms with Gasteiger partial charge in [-0.05, 0) is 29.9 Å². The van der Waals surface area contributed by atoms with Crippen molar-refractivity contribution in [3.63, 3.8) is 0 Å². The molecule has 0 aromatic heterocycles. The summed E-state index contributed by atoms with van der Waals surface area (Å²) in [5, 5.41) is 11.7. The molecule has 0 aliphatic heterocycles. The van der Waals surface area contributed by atoms with Crippen molar-refractivity contribution in [3.8, 4) is 5.75 Å². The van der Waals surface area contributed by atoms with Crippen LogP contribution in [-0.4, -0.2) is 12.5 Å². The van der Waals surface area contributed by atoms with Crippen molar-refractivity contribution < 1.29 is 5.11 Å². The van der Waals surface area contributed by atoms with Gasteiger partial charge in [0, 0.05) is 11.1 Å². The lowest BCUT2D eigenvalue weighted by molar-refractivity contribution is -0.268. The summed E-state index contributed by atoms with van der Waals surface area (Å²) < 4.78 is 0. The third-order valence-corrected chi connectivity index (χ3v) is 3.70. The van der Waals surface area contributed by atoms with Gasteiger partial charge in [0.05, 0.1) is 5.69 Å². The van der Waals surface area contributed by atoms with E-state index in [4.69, 9.17) is 0 Å². The third-order valence-electron chi connectivity index (χ3n) is 2.94. The van der Waals surface area contributed by atoms with Crippen LogP contribution in [0.3, 0.4) is 0 Å². The van der Waals surface area contributed by atoms with Crippen molar-refractivity contribution in [3.05, 3.63) is 53.6 Å². The van der Waals surface area contributed by atoms with Crippen LogP contribution in [0.4, 0.5) is 5.69 Å². The van der Waals surface area contributed by atoms with Gasteiger partial charge < -0.3 is 5.11 Å². The zero-order valence-corrected chi connectivity index (χ0v) is 11.9. The van der Waals surface area contributed by atoms with Crippen LogP contribution in [0.2, 0.25) is 0 Å². The number of nitrogens with zero attached hydrogens (tertiary/aromatic N) is 1. The number of thioether (sulfide) groups is 1. The van der Waals surface area contributed by atoms with E-state index in [1.54, 1.807) is 36.2 Å². The van der Waals surface area contributed by atoms with E-state index in [1.165, 1.54) is 5.56 Å². The van der Waals surface area contributed by atoms with Crippen LogP contribution >= 0.6 is 11.8 Å². The number of hydrogen-bond acceptors (Lipinski definition) is 3. The maximum Gasteiger partial charge on any atom is 0.0797 e. The molecule has 0 saturated heterocycles. The highest BCUT2D eigenvalue weighted by molar-refractivity contribution is 7.98. The Morgan fingerprint density at radius 1 is 1.16 bits per heavy atom. The van der Waals surface area contributed by atoms with Crippen molar-refractivity contribution >= 4 is 23.7 Å². The zero-order valence-electron chi connectivity index (χ0n) is 11.1. The first-order valence-electron chi connectivity index (χ1n) is 6.22. The second kappa shape index (κ2) is 6.43. The summed E-state index contributed by atoms with van der Waals surface area (Å²) in [4.78, 5) is 5.67. The van der Waals surface area contributed by atoms with Crippen LogP contribution in [0.25, 0.3) is 0 Å². The first-order valence-corrected chi connectivity index (χ1v) is 7.44. The maximum absolute atomic E-state index is 11.7. The number of aryl methyl sites for hydroxylation is 1. The Morgan fingerprint density at radius 2 is 1.95 bits per heavy atom. The number of benzene rings is 2. The second-order valence-electron chi connectivity index (χ2n) is 4.12. The van der Waals surface area contributed by atoms with Gasteiger partial charge in [-0.1, -0.05) is 43.3 Å². The molecule has 2 nitrogen and oxygen atoms in total. The summed E-state index contributed by atoms with van der Waals surface area (Å²) in [6.07, 6.45) is 4.63. The SMILES string of the molecule is CCc1cccc(SC)c1N=Cc1ccccc1[O-]. The first-order chi connectivity index (χ1) is 9.26. The maximum atomic E-state index is 11.7. The summed E-state index contributed by atoms with van der Waals surface area (Å²) in [7, 11) is 0. The molecule has 3 heteroatoms. The highest BCUT2D eigenvalue weighted by atomic mass is 32.2. The van der Waals surface area contributed by atoms with E-state index in [1.807, 2.05) is 18.4 Å². The predicted octanol–water partition coefficient (Wildman–Crippen LogP) is 3.80. The summed E-state index contributed by atoms with van der Waals surface area (Å²) in [5.74, 6) is 0.00549. The monoisotopic (exact) mass is 270 g/mol. The standard InChI is InChI=1S/C16H17NOS/c1-3-12-8-6-10-15(19-2)16(12)17-11-13-7-4-5-9-14(13)18/h4-11,18H,3H2,1-2H3/p-1. The van der Waals surface area contributed by atoms with Gasteiger partial charge in [-0.15, -0.1) is 17.5 Å². The fraction of sp³-hybridized carbons (Fsp3) is 0.188. The van der Waals surface area contributed by atoms with Gasteiger partial charge in [0.15, 0.2) is 0 Å². The van der Waals surface area contributed by atoms with Crippen molar-refractivity contribution in [1.29, 1.82) is 0 Å². The van der Waals surface area contributed by atoms with Gasteiger partial charge in [0.2, 0.25) is 0 Å². The third kappa shape index (κ3) is 3.18. The molecule has 0 aliphatic rings. The lowest BCUT2D eigenvalue weighted by atomic mass is 10.1. The second-order valence-corrected chi connectivity index (χ2v) is 4.97. The van der Waals surface area contributed by atoms with Crippen LogP contribution in [0.1, 0.15) is 18.1 Å². The van der Waals surface area contributed by atoms with Gasteiger partial charge in [0.25, 0.3) is 0 Å². The van der Waals surface area contributed by atoms with Gasteiger partial charge in [-0.25, -0.2) is 0 Å². The lowest BCUT2D eigenvalue weighted by Crippen LogP contribution is -1.95. The van der Waals surface area contributed by atoms with E-state index in [0.717, 1.165) is 17.0 Å². The molecule has 2 aromatic rings. The Balaban J connectivity index is 2.40. The number of rotatable bonds is 4. The molecular formula is C16H16NOS-. The highest BCUT2D eigenvalue weighted by Gasteiger charge is 2.04. The molecule has 0 fully saturated rings. The molecule has 0 radical (unpaired) electrons. The molecule has 0 saturated carbocycles. The molecule has 0 heterocycles. The van der Waals surface area contributed by atoms with E-state index in [-0.39, 0.29) is 5.75 Å². The number of para-hydroxylation sites is 2. The Hall–Kier alpha value is -1.74. The van der Waals surface area contributed by atoms with Crippen molar-refractivity contribution in [2.75, 3.05) is 6.26 Å². The Labute approximate surface area is 118 Å². The minimum absolute atomic E-state index is 0.00549. The van der Waals surface area contributed by atoms with Gasteiger partial charge >= 0.3 is 0 Å². The van der Waals surface area contributed by atoms with E-state index < -0.39 is 0 Å². The Kier molecular flexibility index (Phi) is 4.63. The van der Waals surface area contributed by atoms with Gasteiger partial charge in [0.1, 0.15) is 0 Å².